The molecule has 0 aliphatic heterocycles. The van der Waals surface area contributed by atoms with Crippen molar-refractivity contribution in [3.05, 3.63) is 71.8 Å². The summed E-state index contributed by atoms with van der Waals surface area (Å²) in [6.45, 7) is -0.518. The van der Waals surface area contributed by atoms with Crippen molar-refractivity contribution in [3.63, 3.8) is 0 Å². The molecule has 0 unspecified atom stereocenters. The number of nitrogens with one attached hydrogen (secondary N) is 2. The molecular weight excluding hydrogens is 336 g/mol. The minimum absolute atomic E-state index is 0.394. The van der Waals surface area contributed by atoms with Crippen molar-refractivity contribution in [1.29, 1.82) is 0 Å². The predicted octanol–water partition coefficient (Wildman–Crippen LogP) is 1.71. The second kappa shape index (κ2) is 9.63. The zero-order valence-electron chi connectivity index (χ0n) is 14.1. The second-order valence-electron chi connectivity index (χ2n) is 5.09. The number of esters is 1. The van der Waals surface area contributed by atoms with Crippen LogP contribution in [0.3, 0.4) is 0 Å². The Balaban J connectivity index is 1.73. The van der Waals surface area contributed by atoms with Gasteiger partial charge in [0.2, 0.25) is 0 Å². The molecule has 0 aliphatic carbocycles. The zero-order chi connectivity index (χ0) is 18.8. The minimum Gasteiger partial charge on any atom is -0.497 e. The summed E-state index contributed by atoms with van der Waals surface area (Å²) >= 11 is 0. The SMILES string of the molecule is COc1cccc(C=CC(=O)OCC(=O)NNC(=O)c2ccccc2)c1. The third kappa shape index (κ3) is 6.12. The topological polar surface area (TPSA) is 93.7 Å². The molecule has 2 rings (SSSR count). The van der Waals surface area contributed by atoms with Crippen LogP contribution in [0.2, 0.25) is 0 Å². The normalized spacial score (nSPS) is 10.2. The van der Waals surface area contributed by atoms with Crippen LogP contribution < -0.4 is 15.6 Å². The molecule has 0 fully saturated rings. The Morgan fingerprint density at radius 2 is 1.77 bits per heavy atom. The van der Waals surface area contributed by atoms with Gasteiger partial charge in [0.15, 0.2) is 6.61 Å². The largest absolute Gasteiger partial charge is 0.497 e. The van der Waals surface area contributed by atoms with Crippen LogP contribution in [0.25, 0.3) is 6.08 Å². The first-order valence-electron chi connectivity index (χ1n) is 7.71. The number of carbonyl (C=O) groups is 3. The van der Waals surface area contributed by atoms with E-state index in [0.717, 1.165) is 5.56 Å². The molecule has 0 aromatic heterocycles. The van der Waals surface area contributed by atoms with Gasteiger partial charge >= 0.3 is 5.97 Å². The van der Waals surface area contributed by atoms with E-state index in [4.69, 9.17) is 9.47 Å². The third-order valence-electron chi connectivity index (χ3n) is 3.20. The summed E-state index contributed by atoms with van der Waals surface area (Å²) in [5.41, 5.74) is 5.55. The van der Waals surface area contributed by atoms with E-state index in [9.17, 15) is 14.4 Å². The molecule has 0 saturated carbocycles. The molecule has 0 atom stereocenters. The lowest BCUT2D eigenvalue weighted by atomic mass is 10.2. The highest BCUT2D eigenvalue weighted by Crippen LogP contribution is 2.13. The Hall–Kier alpha value is -3.61. The Bertz CT molecular complexity index is 803. The quantitative estimate of drug-likeness (QED) is 0.468. The summed E-state index contributed by atoms with van der Waals surface area (Å²) in [6, 6.07) is 15.5. The molecule has 7 heteroatoms. The number of hydrogen-bond donors (Lipinski definition) is 2. The number of hydrogen-bond acceptors (Lipinski definition) is 5. The average Bonchev–Trinajstić information content (AvgIpc) is 2.69. The third-order valence-corrected chi connectivity index (χ3v) is 3.20. The summed E-state index contributed by atoms with van der Waals surface area (Å²) in [7, 11) is 1.55. The van der Waals surface area contributed by atoms with E-state index in [0.29, 0.717) is 11.3 Å². The summed E-state index contributed by atoms with van der Waals surface area (Å²) in [6.07, 6.45) is 2.74. The lowest BCUT2D eigenvalue weighted by Gasteiger charge is -2.07. The second-order valence-corrected chi connectivity index (χ2v) is 5.09. The fraction of sp³-hybridized carbons (Fsp3) is 0.105. The van der Waals surface area contributed by atoms with Crippen LogP contribution in [0, 0.1) is 0 Å². The molecule has 0 saturated heterocycles. The van der Waals surface area contributed by atoms with E-state index in [2.05, 4.69) is 10.9 Å². The van der Waals surface area contributed by atoms with Gasteiger partial charge in [-0.1, -0.05) is 30.3 Å². The van der Waals surface area contributed by atoms with Crippen LogP contribution in [0.5, 0.6) is 5.75 Å². The van der Waals surface area contributed by atoms with Crippen LogP contribution in [-0.4, -0.2) is 31.5 Å². The summed E-state index contributed by atoms with van der Waals surface area (Å²) in [4.78, 5) is 35.0. The maximum Gasteiger partial charge on any atom is 0.331 e. The van der Waals surface area contributed by atoms with E-state index in [1.807, 2.05) is 0 Å². The average molecular weight is 354 g/mol. The first-order valence-corrected chi connectivity index (χ1v) is 7.71. The molecule has 0 aliphatic rings. The van der Waals surface area contributed by atoms with Crippen molar-refractivity contribution >= 4 is 23.9 Å². The highest BCUT2D eigenvalue weighted by Gasteiger charge is 2.08. The molecular formula is C19H18N2O5. The lowest BCUT2D eigenvalue weighted by molar-refractivity contribution is -0.144. The molecule has 0 radical (unpaired) electrons. The maximum absolute atomic E-state index is 11.7. The Kier molecular flexibility index (Phi) is 6.93. The van der Waals surface area contributed by atoms with Crippen LogP contribution >= 0.6 is 0 Å². The molecule has 134 valence electrons. The number of rotatable bonds is 6. The predicted molar refractivity (Wildman–Crippen MR) is 95.0 cm³/mol. The minimum atomic E-state index is -0.683. The highest BCUT2D eigenvalue weighted by atomic mass is 16.5. The van der Waals surface area contributed by atoms with Crippen molar-refractivity contribution in [2.24, 2.45) is 0 Å². The molecule has 26 heavy (non-hydrogen) atoms. The van der Waals surface area contributed by atoms with E-state index < -0.39 is 24.4 Å². The fourth-order valence-electron chi connectivity index (χ4n) is 1.92. The Labute approximate surface area is 150 Å². The maximum atomic E-state index is 11.7. The van der Waals surface area contributed by atoms with Gasteiger partial charge in [0.25, 0.3) is 11.8 Å². The Morgan fingerprint density at radius 3 is 2.50 bits per heavy atom. The van der Waals surface area contributed by atoms with Gasteiger partial charge in [-0.3, -0.25) is 20.4 Å². The summed E-state index contributed by atoms with van der Waals surface area (Å²) < 4.78 is 9.88. The summed E-state index contributed by atoms with van der Waals surface area (Å²) in [5, 5.41) is 0. The van der Waals surface area contributed by atoms with E-state index >= 15 is 0 Å². The fourth-order valence-corrected chi connectivity index (χ4v) is 1.92. The number of methoxy groups -OCH3 is 1. The smallest absolute Gasteiger partial charge is 0.331 e. The van der Waals surface area contributed by atoms with Gasteiger partial charge in [-0.05, 0) is 35.9 Å². The van der Waals surface area contributed by atoms with Crippen molar-refractivity contribution in [2.75, 3.05) is 13.7 Å². The molecule has 0 spiro atoms. The summed E-state index contributed by atoms with van der Waals surface area (Å²) in [5.74, 6) is -1.15. The lowest BCUT2D eigenvalue weighted by Crippen LogP contribution is -2.43. The molecule has 2 aromatic carbocycles. The van der Waals surface area contributed by atoms with Gasteiger partial charge < -0.3 is 9.47 Å². The first kappa shape index (κ1) is 18.7. The number of amides is 2. The molecule has 2 aromatic rings. The molecule has 7 nitrogen and oxygen atoms in total. The van der Waals surface area contributed by atoms with Crippen molar-refractivity contribution < 1.29 is 23.9 Å². The molecule has 0 bridgehead atoms. The van der Waals surface area contributed by atoms with Crippen LogP contribution in [-0.2, 0) is 14.3 Å². The number of carbonyl (C=O) groups excluding carboxylic acids is 3. The monoisotopic (exact) mass is 354 g/mol. The number of ether oxygens (including phenoxy) is 2. The van der Waals surface area contributed by atoms with Crippen molar-refractivity contribution in [1.82, 2.24) is 10.9 Å². The number of benzene rings is 2. The van der Waals surface area contributed by atoms with Crippen molar-refractivity contribution in [3.8, 4) is 5.75 Å². The van der Waals surface area contributed by atoms with E-state index in [-0.39, 0.29) is 0 Å². The Morgan fingerprint density at radius 1 is 1.00 bits per heavy atom. The molecule has 2 N–H and O–H groups in total. The molecule has 0 heterocycles. The standard InChI is InChI=1S/C19H18N2O5/c1-25-16-9-5-6-14(12-16)10-11-18(23)26-13-17(22)20-21-19(24)15-7-3-2-4-8-15/h2-12H,13H2,1H3,(H,20,22)(H,21,24). The van der Waals surface area contributed by atoms with Gasteiger partial charge in [0.1, 0.15) is 5.75 Å². The van der Waals surface area contributed by atoms with Gasteiger partial charge in [-0.25, -0.2) is 4.79 Å². The van der Waals surface area contributed by atoms with Gasteiger partial charge in [-0.2, -0.15) is 0 Å². The van der Waals surface area contributed by atoms with Crippen molar-refractivity contribution in [2.45, 2.75) is 0 Å². The first-order chi connectivity index (χ1) is 12.6. The van der Waals surface area contributed by atoms with Gasteiger partial charge in [-0.15, -0.1) is 0 Å². The van der Waals surface area contributed by atoms with E-state index in [1.165, 1.54) is 6.08 Å². The van der Waals surface area contributed by atoms with Crippen LogP contribution in [0.15, 0.2) is 60.7 Å². The van der Waals surface area contributed by atoms with E-state index in [1.54, 1.807) is 67.8 Å². The molecule has 2 amide bonds. The zero-order valence-corrected chi connectivity index (χ0v) is 14.1. The highest BCUT2D eigenvalue weighted by molar-refractivity contribution is 5.95. The number of hydrazine groups is 1. The van der Waals surface area contributed by atoms with Gasteiger partial charge in [0.05, 0.1) is 7.11 Å². The van der Waals surface area contributed by atoms with Crippen LogP contribution in [0.1, 0.15) is 15.9 Å². The van der Waals surface area contributed by atoms with Gasteiger partial charge in [0, 0.05) is 11.6 Å². The van der Waals surface area contributed by atoms with Crippen LogP contribution in [0.4, 0.5) is 0 Å².